The van der Waals surface area contributed by atoms with Gasteiger partial charge in [-0.05, 0) is 37.5 Å². The van der Waals surface area contributed by atoms with Crippen LogP contribution in [0.2, 0.25) is 0 Å². The van der Waals surface area contributed by atoms with Crippen LogP contribution < -0.4 is 10.4 Å². The maximum absolute atomic E-state index is 12.4. The highest BCUT2D eigenvalue weighted by Gasteiger charge is 2.26. The zero-order valence-corrected chi connectivity index (χ0v) is 13.2. The molecule has 0 radical (unpaired) electrons. The van der Waals surface area contributed by atoms with E-state index in [1.165, 1.54) is 6.07 Å². The summed E-state index contributed by atoms with van der Waals surface area (Å²) in [6.45, 7) is 0.916. The predicted molar refractivity (Wildman–Crippen MR) is 86.8 cm³/mol. The summed E-state index contributed by atoms with van der Waals surface area (Å²) in [5, 5.41) is 11.2. The minimum absolute atomic E-state index is 0.0836. The fourth-order valence-electron chi connectivity index (χ4n) is 2.58. The number of esters is 1. The zero-order valence-electron chi connectivity index (χ0n) is 13.2. The van der Waals surface area contributed by atoms with Crippen molar-refractivity contribution in [3.8, 4) is 5.75 Å². The van der Waals surface area contributed by atoms with Crippen molar-refractivity contribution >= 4 is 17.3 Å². The monoisotopic (exact) mass is 313 g/mol. The average Bonchev–Trinajstić information content (AvgIpc) is 2.53. The van der Waals surface area contributed by atoms with E-state index in [-0.39, 0.29) is 24.2 Å². The third kappa shape index (κ3) is 3.14. The molecule has 1 aromatic rings. The van der Waals surface area contributed by atoms with Crippen LogP contribution in [0.4, 0.5) is 0 Å². The van der Waals surface area contributed by atoms with Gasteiger partial charge in [0.2, 0.25) is 5.76 Å². The molecule has 0 fully saturated rings. The van der Waals surface area contributed by atoms with Gasteiger partial charge >= 0.3 is 5.97 Å². The molecule has 5 nitrogen and oxygen atoms in total. The summed E-state index contributed by atoms with van der Waals surface area (Å²) >= 11 is 0. The number of hydrogen-bond acceptors (Lipinski definition) is 5. The smallest absolute Gasteiger partial charge is 0.374 e. The molecule has 1 aromatic carbocycles. The molecule has 0 bridgehead atoms. The van der Waals surface area contributed by atoms with Crippen molar-refractivity contribution in [1.29, 1.82) is 0 Å². The van der Waals surface area contributed by atoms with Gasteiger partial charge in [-0.1, -0.05) is 24.3 Å². The van der Waals surface area contributed by atoms with Gasteiger partial charge in [-0.3, -0.25) is 0 Å². The van der Waals surface area contributed by atoms with Gasteiger partial charge in [-0.25, -0.2) is 4.79 Å². The standard InChI is InChI=1S/C18H19NO4/c1-19(2)9-10-22-18(21)17-15-11-12(20)7-8-13(15)14-5-3-4-6-16(14)23-17/h3-8,11,16,20H,9-10H2,1-2H3. The van der Waals surface area contributed by atoms with Crippen molar-refractivity contribution in [3.63, 3.8) is 0 Å². The second-order valence-corrected chi connectivity index (χ2v) is 5.74. The Hall–Kier alpha value is -2.53. The Morgan fingerprint density at radius 2 is 2.13 bits per heavy atom. The van der Waals surface area contributed by atoms with Crippen molar-refractivity contribution in [3.05, 3.63) is 52.9 Å². The normalized spacial score (nSPS) is 18.5. The summed E-state index contributed by atoms with van der Waals surface area (Å²) in [4.78, 5) is 14.3. The molecule has 2 aliphatic rings. The molecule has 1 N–H and O–H groups in total. The van der Waals surface area contributed by atoms with Crippen LogP contribution in [0, 0.1) is 0 Å². The molecular formula is C18H19NO4. The number of carbonyl (C=O) groups is 1. The number of aromatic hydroxyl groups is 1. The topological polar surface area (TPSA) is 59.0 Å². The molecule has 1 heterocycles. The number of fused-ring (bicyclic) bond motifs is 2. The third-order valence-corrected chi connectivity index (χ3v) is 3.74. The first-order valence-corrected chi connectivity index (χ1v) is 7.47. The largest absolute Gasteiger partial charge is 0.508 e. The van der Waals surface area contributed by atoms with E-state index in [2.05, 4.69) is 0 Å². The molecule has 0 saturated carbocycles. The van der Waals surface area contributed by atoms with E-state index in [1.807, 2.05) is 43.3 Å². The minimum atomic E-state index is -0.513. The zero-order chi connectivity index (χ0) is 16.4. The fraction of sp³-hybridized carbons (Fsp3) is 0.278. The van der Waals surface area contributed by atoms with Crippen LogP contribution in [-0.4, -0.2) is 49.3 Å². The minimum Gasteiger partial charge on any atom is -0.508 e. The number of phenolic OH excluding ortho intramolecular Hbond substituents is 1. The molecule has 0 aromatic heterocycles. The summed E-state index contributed by atoms with van der Waals surface area (Å²) in [6, 6.07) is 4.94. The predicted octanol–water partition coefficient (Wildman–Crippen LogP) is 0.281. The second kappa shape index (κ2) is 6.30. The lowest BCUT2D eigenvalue weighted by molar-refractivity contribution is -0.139. The first-order chi connectivity index (χ1) is 11.1. The Balaban J connectivity index is 2.04. The van der Waals surface area contributed by atoms with Crippen LogP contribution in [0.25, 0.3) is 11.3 Å². The number of likely N-dealkylation sites (N-methyl/N-ethyl adjacent to an activating group) is 1. The van der Waals surface area contributed by atoms with Crippen molar-refractivity contribution in [2.24, 2.45) is 0 Å². The molecule has 0 amide bonds. The Bertz CT molecular complexity index is 805. The van der Waals surface area contributed by atoms with E-state index in [0.29, 0.717) is 11.8 Å². The molecule has 3 rings (SSSR count). The molecule has 0 spiro atoms. The first kappa shape index (κ1) is 15.4. The molecule has 1 unspecified atom stereocenters. The first-order valence-electron chi connectivity index (χ1n) is 7.47. The van der Waals surface area contributed by atoms with Crippen LogP contribution in [0.15, 0.2) is 42.5 Å². The molecule has 1 aliphatic carbocycles. The Morgan fingerprint density at radius 1 is 1.30 bits per heavy atom. The van der Waals surface area contributed by atoms with Gasteiger partial charge in [-0.15, -0.1) is 0 Å². The van der Waals surface area contributed by atoms with E-state index >= 15 is 0 Å². The van der Waals surface area contributed by atoms with Crippen molar-refractivity contribution < 1.29 is 19.4 Å². The number of phenols is 1. The van der Waals surface area contributed by atoms with Crippen LogP contribution in [0.3, 0.4) is 0 Å². The lowest BCUT2D eigenvalue weighted by atomic mass is 9.97. The fourth-order valence-corrected chi connectivity index (χ4v) is 2.58. The lowest BCUT2D eigenvalue weighted by Gasteiger charge is -2.24. The summed E-state index contributed by atoms with van der Waals surface area (Å²) < 4.78 is 11.1. The van der Waals surface area contributed by atoms with Gasteiger partial charge < -0.3 is 19.5 Å². The highest BCUT2D eigenvalue weighted by molar-refractivity contribution is 6.07. The van der Waals surface area contributed by atoms with E-state index in [1.54, 1.807) is 12.1 Å². The highest BCUT2D eigenvalue weighted by Crippen LogP contribution is 2.21. The summed E-state index contributed by atoms with van der Waals surface area (Å²) in [5.74, 6) is -0.288. The van der Waals surface area contributed by atoms with Gasteiger partial charge in [0.05, 0.1) is 0 Å². The molecule has 1 aliphatic heterocycles. The Kier molecular flexibility index (Phi) is 4.21. The van der Waals surface area contributed by atoms with E-state index < -0.39 is 5.97 Å². The SMILES string of the molecule is CN(C)CCOC(=O)C1=c2cc(O)ccc2=C2C=CC=CC2O1. The van der Waals surface area contributed by atoms with Crippen molar-refractivity contribution in [2.75, 3.05) is 27.2 Å². The molecule has 1 atom stereocenters. The van der Waals surface area contributed by atoms with Crippen LogP contribution in [-0.2, 0) is 14.3 Å². The number of allylic oxidation sites excluding steroid dienone is 2. The van der Waals surface area contributed by atoms with E-state index in [9.17, 15) is 9.90 Å². The quantitative estimate of drug-likeness (QED) is 0.809. The van der Waals surface area contributed by atoms with Gasteiger partial charge in [-0.2, -0.15) is 0 Å². The van der Waals surface area contributed by atoms with Gasteiger partial charge in [0.25, 0.3) is 0 Å². The number of nitrogens with zero attached hydrogens (tertiary/aromatic N) is 1. The molecular weight excluding hydrogens is 294 g/mol. The number of carbonyl (C=O) groups excluding carboxylic acids is 1. The van der Waals surface area contributed by atoms with Crippen molar-refractivity contribution in [1.82, 2.24) is 4.90 Å². The highest BCUT2D eigenvalue weighted by atomic mass is 16.6. The van der Waals surface area contributed by atoms with Crippen molar-refractivity contribution in [2.45, 2.75) is 6.10 Å². The van der Waals surface area contributed by atoms with Crippen LogP contribution in [0.5, 0.6) is 5.75 Å². The maximum Gasteiger partial charge on any atom is 0.374 e. The third-order valence-electron chi connectivity index (χ3n) is 3.74. The molecule has 120 valence electrons. The van der Waals surface area contributed by atoms with Gasteiger partial charge in [0, 0.05) is 17.3 Å². The summed E-state index contributed by atoms with van der Waals surface area (Å²) in [5.41, 5.74) is 0.965. The molecule has 23 heavy (non-hydrogen) atoms. The second-order valence-electron chi connectivity index (χ2n) is 5.74. The number of hydrogen-bond donors (Lipinski definition) is 1. The van der Waals surface area contributed by atoms with Gasteiger partial charge in [0.1, 0.15) is 18.5 Å². The Morgan fingerprint density at radius 3 is 2.91 bits per heavy atom. The maximum atomic E-state index is 12.4. The van der Waals surface area contributed by atoms with Gasteiger partial charge in [0.15, 0.2) is 0 Å². The average molecular weight is 313 g/mol. The summed E-state index contributed by atoms with van der Waals surface area (Å²) in [6.07, 6.45) is 7.33. The Labute approximate surface area is 134 Å². The number of benzene rings is 1. The van der Waals surface area contributed by atoms with E-state index in [4.69, 9.17) is 9.47 Å². The van der Waals surface area contributed by atoms with E-state index in [0.717, 1.165) is 10.8 Å². The van der Waals surface area contributed by atoms with Crippen LogP contribution >= 0.6 is 0 Å². The summed E-state index contributed by atoms with van der Waals surface area (Å²) in [7, 11) is 3.82. The lowest BCUT2D eigenvalue weighted by Crippen LogP contribution is -2.40. The molecule has 5 heteroatoms. The molecule has 0 saturated heterocycles. The number of ether oxygens (including phenoxy) is 2. The number of rotatable bonds is 4. The van der Waals surface area contributed by atoms with Crippen LogP contribution in [0.1, 0.15) is 0 Å².